The number of benzene rings is 3. The van der Waals surface area contributed by atoms with Crippen molar-refractivity contribution in [2.45, 2.75) is 24.8 Å². The molecule has 1 radical (unpaired) electrons. The molecule has 0 amide bonds. The number of rotatable bonds is 2. The predicted molar refractivity (Wildman–Crippen MR) is 140 cm³/mol. The van der Waals surface area contributed by atoms with E-state index in [1.165, 1.54) is 36.4 Å². The standard InChI is InChI=1S/C29H16F6N3S.Ir/c1-16-14-20-19-10-4-7-13-24(19)38-25(26(20)39-16)21(15-36-38)27(28(30,31)32,29(33,34)35)37-22-11-5-2-8-17(22)18-9-3-6-12-23(18)37;/h2-12,14-15H,1H3;/q-1;. The van der Waals surface area contributed by atoms with Gasteiger partial charge in [0, 0.05) is 46.0 Å². The maximum Gasteiger partial charge on any atom is 0.425 e. The van der Waals surface area contributed by atoms with Crippen molar-refractivity contribution in [3.8, 4) is 0 Å². The van der Waals surface area contributed by atoms with Gasteiger partial charge < -0.3 is 4.57 Å². The molecule has 0 aliphatic rings. The summed E-state index contributed by atoms with van der Waals surface area (Å²) in [6.07, 6.45) is -10.9. The normalized spacial score (nSPS) is 13.2. The Morgan fingerprint density at radius 3 is 1.95 bits per heavy atom. The summed E-state index contributed by atoms with van der Waals surface area (Å²) in [5.74, 6) is 0. The van der Waals surface area contributed by atoms with Gasteiger partial charge in [0.2, 0.25) is 0 Å². The molecular formula is C29H16F6IrN3S-. The molecule has 205 valence electrons. The third-order valence-corrected chi connectivity index (χ3v) is 8.36. The maximum absolute atomic E-state index is 15.5. The van der Waals surface area contributed by atoms with E-state index in [0.717, 1.165) is 20.7 Å². The number of alkyl halides is 6. The summed E-state index contributed by atoms with van der Waals surface area (Å²) in [6, 6.07) is 21.5. The van der Waals surface area contributed by atoms with Gasteiger partial charge in [-0.1, -0.05) is 47.9 Å². The number of hydrogen-bond donors (Lipinski definition) is 0. The molecule has 11 heteroatoms. The van der Waals surface area contributed by atoms with Crippen LogP contribution in [0.2, 0.25) is 0 Å². The van der Waals surface area contributed by atoms with Crippen molar-refractivity contribution in [1.29, 1.82) is 0 Å². The Bertz CT molecular complexity index is 2020. The minimum atomic E-state index is -5.80. The average molecular weight is 745 g/mol. The van der Waals surface area contributed by atoms with E-state index in [9.17, 15) is 0 Å². The number of fused-ring (bicyclic) bond motifs is 9. The smallest absolute Gasteiger partial charge is 0.314 e. The second-order valence-electron chi connectivity index (χ2n) is 9.43. The molecule has 0 fully saturated rings. The molecule has 0 aliphatic heterocycles. The number of thiophene rings is 1. The van der Waals surface area contributed by atoms with E-state index < -0.39 is 23.5 Å². The molecule has 4 heterocycles. The van der Waals surface area contributed by atoms with Gasteiger partial charge in [-0.3, -0.25) is 4.52 Å². The number of para-hydroxylation sites is 3. The number of nitrogens with zero attached hydrogens (tertiary/aromatic N) is 3. The van der Waals surface area contributed by atoms with Crippen molar-refractivity contribution in [3.63, 3.8) is 0 Å². The van der Waals surface area contributed by atoms with Gasteiger partial charge in [0.1, 0.15) is 0 Å². The zero-order valence-electron chi connectivity index (χ0n) is 20.4. The molecule has 0 unspecified atom stereocenters. The molecule has 40 heavy (non-hydrogen) atoms. The van der Waals surface area contributed by atoms with Gasteiger partial charge in [-0.2, -0.15) is 55.7 Å². The molecule has 3 nitrogen and oxygen atoms in total. The second-order valence-corrected chi connectivity index (χ2v) is 10.7. The zero-order valence-corrected chi connectivity index (χ0v) is 23.6. The monoisotopic (exact) mass is 745 g/mol. The molecule has 0 N–H and O–H groups in total. The zero-order chi connectivity index (χ0) is 27.3. The van der Waals surface area contributed by atoms with E-state index in [-0.39, 0.29) is 36.7 Å². The van der Waals surface area contributed by atoms with E-state index in [2.05, 4.69) is 11.2 Å². The van der Waals surface area contributed by atoms with E-state index in [4.69, 9.17) is 0 Å². The summed E-state index contributed by atoms with van der Waals surface area (Å²) in [5.41, 5.74) is -5.74. The van der Waals surface area contributed by atoms with Crippen LogP contribution in [0.3, 0.4) is 0 Å². The SMILES string of the molecule is Cc1cc2c3ccc[c-]c3n3ncc(C(n4c5ccccc5c5ccccc54)(C(F)(F)F)C(F)(F)F)c3c2s1.[Ir]. The summed E-state index contributed by atoms with van der Waals surface area (Å²) in [5, 5.41) is 5.92. The predicted octanol–water partition coefficient (Wildman–Crippen LogP) is 8.78. The molecule has 3 aromatic carbocycles. The number of aromatic nitrogens is 3. The average Bonchev–Trinajstić information content (AvgIpc) is 3.58. The summed E-state index contributed by atoms with van der Waals surface area (Å²) in [4.78, 5) is 0.747. The maximum atomic E-state index is 15.5. The van der Waals surface area contributed by atoms with E-state index >= 15 is 26.3 Å². The van der Waals surface area contributed by atoms with Crippen LogP contribution in [0.25, 0.3) is 48.3 Å². The van der Waals surface area contributed by atoms with Gasteiger partial charge in [-0.15, -0.1) is 16.7 Å². The molecule has 0 saturated heterocycles. The van der Waals surface area contributed by atoms with Gasteiger partial charge in [0.25, 0.3) is 5.54 Å². The van der Waals surface area contributed by atoms with Gasteiger partial charge in [-0.25, -0.2) is 0 Å². The Hall–Kier alpha value is -3.40. The van der Waals surface area contributed by atoms with Crippen LogP contribution >= 0.6 is 11.3 Å². The first-order valence-corrected chi connectivity index (χ1v) is 12.7. The molecule has 0 atom stereocenters. The van der Waals surface area contributed by atoms with Gasteiger partial charge >= 0.3 is 12.4 Å². The Morgan fingerprint density at radius 2 is 1.35 bits per heavy atom. The molecule has 0 bridgehead atoms. The first kappa shape index (κ1) is 26.8. The Morgan fingerprint density at radius 1 is 0.775 bits per heavy atom. The Balaban J connectivity index is 0.00000289. The number of aryl methyl sites for hydroxylation is 1. The van der Waals surface area contributed by atoms with Crippen LogP contribution in [0.5, 0.6) is 0 Å². The van der Waals surface area contributed by atoms with Crippen LogP contribution in [0.1, 0.15) is 10.4 Å². The van der Waals surface area contributed by atoms with Crippen molar-refractivity contribution < 1.29 is 46.4 Å². The Labute approximate surface area is 240 Å². The van der Waals surface area contributed by atoms with Crippen molar-refractivity contribution >= 4 is 59.6 Å². The summed E-state index contributed by atoms with van der Waals surface area (Å²) < 4.78 is 95.0. The van der Waals surface area contributed by atoms with Gasteiger partial charge in [-0.05, 0) is 24.6 Å². The van der Waals surface area contributed by atoms with E-state index in [1.54, 1.807) is 43.3 Å². The topological polar surface area (TPSA) is 22.2 Å². The number of pyridine rings is 1. The Kier molecular flexibility index (Phi) is 5.90. The summed E-state index contributed by atoms with van der Waals surface area (Å²) >= 11 is 1.14. The molecule has 7 rings (SSSR count). The summed E-state index contributed by atoms with van der Waals surface area (Å²) in [6.45, 7) is 1.77. The van der Waals surface area contributed by atoms with Crippen LogP contribution < -0.4 is 0 Å². The van der Waals surface area contributed by atoms with Crippen molar-refractivity contribution in [1.82, 2.24) is 14.2 Å². The first-order valence-electron chi connectivity index (χ1n) is 11.9. The molecule has 4 aromatic heterocycles. The van der Waals surface area contributed by atoms with Crippen LogP contribution in [0.4, 0.5) is 26.3 Å². The van der Waals surface area contributed by atoms with Crippen LogP contribution in [0, 0.1) is 13.0 Å². The van der Waals surface area contributed by atoms with Crippen LogP contribution in [0.15, 0.2) is 79.0 Å². The third kappa shape index (κ3) is 3.31. The quantitative estimate of drug-likeness (QED) is 0.128. The van der Waals surface area contributed by atoms with Crippen LogP contribution in [-0.4, -0.2) is 26.5 Å². The molecule has 0 aliphatic carbocycles. The van der Waals surface area contributed by atoms with Crippen LogP contribution in [-0.2, 0) is 25.6 Å². The van der Waals surface area contributed by atoms with Crippen molar-refractivity contribution in [3.05, 3.63) is 95.5 Å². The third-order valence-electron chi connectivity index (χ3n) is 7.30. The number of hydrogen-bond acceptors (Lipinski definition) is 2. The second kappa shape index (κ2) is 8.80. The van der Waals surface area contributed by atoms with Gasteiger partial charge in [0.05, 0.1) is 22.7 Å². The molecule has 7 aromatic rings. The number of halogens is 6. The molecule has 0 spiro atoms. The van der Waals surface area contributed by atoms with Crippen molar-refractivity contribution in [2.75, 3.05) is 0 Å². The fourth-order valence-electron chi connectivity index (χ4n) is 5.84. The fraction of sp³-hybridized carbons (Fsp3) is 0.138. The van der Waals surface area contributed by atoms with E-state index in [1.807, 2.05) is 0 Å². The molecule has 0 saturated carbocycles. The molecular weight excluding hydrogens is 729 g/mol. The minimum Gasteiger partial charge on any atom is -0.314 e. The summed E-state index contributed by atoms with van der Waals surface area (Å²) in [7, 11) is 0. The largest absolute Gasteiger partial charge is 0.425 e. The van der Waals surface area contributed by atoms with Gasteiger partial charge in [0.15, 0.2) is 0 Å². The fourth-order valence-corrected chi connectivity index (χ4v) is 6.91. The minimum absolute atomic E-state index is 0. The first-order chi connectivity index (χ1) is 18.6. The van der Waals surface area contributed by atoms with Crippen molar-refractivity contribution in [2.24, 2.45) is 0 Å². The van der Waals surface area contributed by atoms with E-state index in [0.29, 0.717) is 42.5 Å².